The molecule has 5 nitrogen and oxygen atoms in total. The normalized spacial score (nSPS) is 13.0. The van der Waals surface area contributed by atoms with Gasteiger partial charge in [0.2, 0.25) is 0 Å². The van der Waals surface area contributed by atoms with Crippen molar-refractivity contribution in [2.45, 2.75) is 149 Å². The van der Waals surface area contributed by atoms with Gasteiger partial charge in [0.05, 0.1) is 6.61 Å². The van der Waals surface area contributed by atoms with Crippen molar-refractivity contribution in [3.8, 4) is 0 Å². The van der Waals surface area contributed by atoms with Gasteiger partial charge in [-0.2, -0.15) is 0 Å². The largest absolute Gasteiger partial charge is 0.462 e. The number of aliphatic hydroxyl groups excluding tert-OH is 1. The fraction of sp³-hybridized carbons (Fsp3) is 0.929. The van der Waals surface area contributed by atoms with E-state index in [9.17, 15) is 14.7 Å². The Morgan fingerprint density at radius 1 is 0.697 bits per heavy atom. The van der Waals surface area contributed by atoms with Crippen LogP contribution >= 0.6 is 0 Å². The molecule has 0 fully saturated rings. The molecule has 1 N–H and O–H groups in total. The van der Waals surface area contributed by atoms with E-state index in [4.69, 9.17) is 9.47 Å². The Hall–Kier alpha value is -1.10. The molecule has 0 aromatic rings. The summed E-state index contributed by atoms with van der Waals surface area (Å²) in [6.07, 6.45) is 20.2. The average Bonchev–Trinajstić information content (AvgIpc) is 2.81. The number of hydrogen-bond donors (Lipinski definition) is 1. The second kappa shape index (κ2) is 24.0. The summed E-state index contributed by atoms with van der Waals surface area (Å²) >= 11 is 0. The fourth-order valence-corrected chi connectivity index (χ4v) is 3.88. The van der Waals surface area contributed by atoms with E-state index in [2.05, 4.69) is 20.8 Å². The molecule has 0 saturated carbocycles. The van der Waals surface area contributed by atoms with Crippen molar-refractivity contribution >= 4 is 11.9 Å². The number of ether oxygens (including phenoxy) is 2. The van der Waals surface area contributed by atoms with Gasteiger partial charge in [-0.25, -0.2) is 0 Å². The third kappa shape index (κ3) is 22.5. The van der Waals surface area contributed by atoms with E-state index in [0.717, 1.165) is 44.4 Å². The van der Waals surface area contributed by atoms with Crippen LogP contribution in [0, 0.1) is 5.92 Å². The van der Waals surface area contributed by atoms with Crippen LogP contribution in [0.3, 0.4) is 0 Å². The first-order valence-electron chi connectivity index (χ1n) is 14.0. The minimum absolute atomic E-state index is 0.0608. The minimum atomic E-state index is -0.758. The first kappa shape index (κ1) is 31.9. The van der Waals surface area contributed by atoms with E-state index in [1.807, 2.05) is 0 Å². The Balaban J connectivity index is 3.60. The molecule has 0 aromatic heterocycles. The van der Waals surface area contributed by atoms with Crippen LogP contribution < -0.4 is 0 Å². The van der Waals surface area contributed by atoms with Crippen LogP contribution in [0.4, 0.5) is 0 Å². The summed E-state index contributed by atoms with van der Waals surface area (Å²) in [6, 6.07) is 0. The molecule has 0 aliphatic rings. The molecular formula is C28H54O5. The third-order valence-electron chi connectivity index (χ3n) is 6.44. The van der Waals surface area contributed by atoms with Crippen LogP contribution in [0.15, 0.2) is 0 Å². The van der Waals surface area contributed by atoms with Crippen LogP contribution in [0.5, 0.6) is 0 Å². The first-order chi connectivity index (χ1) is 16.0. The first-order valence-corrected chi connectivity index (χ1v) is 14.0. The zero-order chi connectivity index (χ0) is 24.6. The number of carbonyl (C=O) groups excluding carboxylic acids is 2. The highest BCUT2D eigenvalue weighted by Gasteiger charge is 2.16. The summed E-state index contributed by atoms with van der Waals surface area (Å²) in [6.45, 7) is 6.41. The lowest BCUT2D eigenvalue weighted by Crippen LogP contribution is -2.28. The quantitative estimate of drug-likeness (QED) is 0.117. The lowest BCUT2D eigenvalue weighted by molar-refractivity contribution is -0.161. The number of esters is 2. The Labute approximate surface area is 204 Å². The number of hydrogen-bond acceptors (Lipinski definition) is 5. The molecule has 33 heavy (non-hydrogen) atoms. The van der Waals surface area contributed by atoms with Crippen molar-refractivity contribution in [3.63, 3.8) is 0 Å². The predicted octanol–water partition coefficient (Wildman–Crippen LogP) is 7.52. The maximum atomic E-state index is 11.9. The fourth-order valence-electron chi connectivity index (χ4n) is 3.88. The van der Waals surface area contributed by atoms with Crippen molar-refractivity contribution in [3.05, 3.63) is 0 Å². The Kier molecular flexibility index (Phi) is 23.2. The second-order valence-corrected chi connectivity index (χ2v) is 9.73. The molecule has 0 spiro atoms. The topological polar surface area (TPSA) is 72.8 Å². The molecule has 5 heteroatoms. The highest BCUT2D eigenvalue weighted by molar-refractivity contribution is 5.70. The number of unbranched alkanes of at least 4 members (excludes halogenated alkanes) is 13. The molecule has 0 bridgehead atoms. The maximum Gasteiger partial charge on any atom is 0.306 e. The lowest BCUT2D eigenvalue weighted by Gasteiger charge is -2.15. The Morgan fingerprint density at radius 3 is 1.70 bits per heavy atom. The van der Waals surface area contributed by atoms with Crippen LogP contribution in [-0.2, 0) is 19.1 Å². The third-order valence-corrected chi connectivity index (χ3v) is 6.44. The maximum absolute atomic E-state index is 11.9. The standard InChI is InChI=1S/C28H54O5/c1-4-6-7-8-11-16-19-22-28(31)33-26(23-29)24-32-27(30)21-18-15-13-10-9-12-14-17-20-25(3)5-2/h25-26,29H,4-24H2,1-3H3/t25?,26-/m0/s1. The van der Waals surface area contributed by atoms with Crippen molar-refractivity contribution in [1.82, 2.24) is 0 Å². The van der Waals surface area contributed by atoms with Gasteiger partial charge in [0.25, 0.3) is 0 Å². The van der Waals surface area contributed by atoms with Gasteiger partial charge in [0.1, 0.15) is 6.61 Å². The van der Waals surface area contributed by atoms with Crippen molar-refractivity contribution in [2.75, 3.05) is 13.2 Å². The van der Waals surface area contributed by atoms with Gasteiger partial charge < -0.3 is 14.6 Å². The number of aliphatic hydroxyl groups is 1. The van der Waals surface area contributed by atoms with E-state index in [-0.39, 0.29) is 25.2 Å². The molecular weight excluding hydrogens is 416 g/mol. The van der Waals surface area contributed by atoms with Crippen LogP contribution in [0.25, 0.3) is 0 Å². The van der Waals surface area contributed by atoms with Gasteiger partial charge in [-0.15, -0.1) is 0 Å². The zero-order valence-corrected chi connectivity index (χ0v) is 22.1. The summed E-state index contributed by atoms with van der Waals surface area (Å²) in [5.74, 6) is 0.263. The highest BCUT2D eigenvalue weighted by atomic mass is 16.6. The molecule has 1 unspecified atom stereocenters. The van der Waals surface area contributed by atoms with Gasteiger partial charge in [-0.05, 0) is 18.8 Å². The Morgan fingerprint density at radius 2 is 1.18 bits per heavy atom. The molecule has 0 rings (SSSR count). The molecule has 0 radical (unpaired) electrons. The molecule has 2 atom stereocenters. The molecule has 0 saturated heterocycles. The van der Waals surface area contributed by atoms with Gasteiger partial charge in [0, 0.05) is 12.8 Å². The molecule has 0 aliphatic heterocycles. The molecule has 196 valence electrons. The van der Waals surface area contributed by atoms with E-state index >= 15 is 0 Å². The van der Waals surface area contributed by atoms with Gasteiger partial charge >= 0.3 is 11.9 Å². The smallest absolute Gasteiger partial charge is 0.306 e. The lowest BCUT2D eigenvalue weighted by atomic mass is 9.99. The van der Waals surface area contributed by atoms with Crippen molar-refractivity contribution in [1.29, 1.82) is 0 Å². The zero-order valence-electron chi connectivity index (χ0n) is 22.1. The van der Waals surface area contributed by atoms with E-state index < -0.39 is 6.10 Å². The number of carbonyl (C=O) groups is 2. The predicted molar refractivity (Wildman–Crippen MR) is 136 cm³/mol. The van der Waals surface area contributed by atoms with E-state index in [0.29, 0.717) is 12.8 Å². The monoisotopic (exact) mass is 470 g/mol. The van der Waals surface area contributed by atoms with Gasteiger partial charge in [0.15, 0.2) is 6.10 Å². The van der Waals surface area contributed by atoms with E-state index in [1.165, 1.54) is 70.6 Å². The summed E-state index contributed by atoms with van der Waals surface area (Å²) < 4.78 is 10.4. The molecule has 0 amide bonds. The van der Waals surface area contributed by atoms with Gasteiger partial charge in [-0.1, -0.05) is 117 Å². The van der Waals surface area contributed by atoms with Gasteiger partial charge in [-0.3, -0.25) is 9.59 Å². The number of rotatable bonds is 24. The SMILES string of the molecule is CCCCCCCCCC(=O)O[C@@H](CO)COC(=O)CCCCCCCCCCC(C)CC. The summed E-state index contributed by atoms with van der Waals surface area (Å²) in [7, 11) is 0. The summed E-state index contributed by atoms with van der Waals surface area (Å²) in [5, 5.41) is 9.40. The summed E-state index contributed by atoms with van der Waals surface area (Å²) in [5.41, 5.74) is 0. The molecule has 0 heterocycles. The summed E-state index contributed by atoms with van der Waals surface area (Å²) in [4.78, 5) is 23.8. The second-order valence-electron chi connectivity index (χ2n) is 9.73. The van der Waals surface area contributed by atoms with Crippen molar-refractivity contribution < 1.29 is 24.2 Å². The van der Waals surface area contributed by atoms with Crippen LogP contribution in [0.2, 0.25) is 0 Å². The molecule has 0 aliphatic carbocycles. The average molecular weight is 471 g/mol. The van der Waals surface area contributed by atoms with Crippen LogP contribution in [0.1, 0.15) is 143 Å². The minimum Gasteiger partial charge on any atom is -0.462 e. The highest BCUT2D eigenvalue weighted by Crippen LogP contribution is 2.15. The van der Waals surface area contributed by atoms with E-state index in [1.54, 1.807) is 0 Å². The van der Waals surface area contributed by atoms with Crippen molar-refractivity contribution in [2.24, 2.45) is 5.92 Å². The molecule has 0 aromatic carbocycles. The van der Waals surface area contributed by atoms with Crippen LogP contribution in [-0.4, -0.2) is 36.4 Å². The Bertz CT molecular complexity index is 452.